The number of carboxylic acid groups (broad SMARTS) is 2. The van der Waals surface area contributed by atoms with Crippen molar-refractivity contribution in [3.63, 3.8) is 0 Å². The number of fused-ring (bicyclic) bond motifs is 1. The summed E-state index contributed by atoms with van der Waals surface area (Å²) in [6.07, 6.45) is 2.59. The smallest absolute Gasteiger partial charge is 0.303 e. The minimum Gasteiger partial charge on any atom is -0.507 e. The van der Waals surface area contributed by atoms with Crippen molar-refractivity contribution in [3.05, 3.63) is 49.3 Å². The number of ether oxygens (including phenoxy) is 3. The van der Waals surface area contributed by atoms with Gasteiger partial charge in [0.15, 0.2) is 5.75 Å². The van der Waals surface area contributed by atoms with Crippen molar-refractivity contribution in [2.45, 2.75) is 39.0 Å². The van der Waals surface area contributed by atoms with E-state index in [1.54, 1.807) is 6.07 Å². The molecule has 0 fully saturated rings. The molecule has 0 saturated carbocycles. The first kappa shape index (κ1) is 31.5. The molecule has 12 heteroatoms. The van der Waals surface area contributed by atoms with E-state index >= 15 is 0 Å². The normalized spacial score (nSPS) is 12.6. The highest BCUT2D eigenvalue weighted by Gasteiger charge is 2.32. The molecule has 0 saturated heterocycles. The Morgan fingerprint density at radius 3 is 1.94 bits per heavy atom. The maximum Gasteiger partial charge on any atom is 0.303 e. The van der Waals surface area contributed by atoms with Gasteiger partial charge in [-0.1, -0.05) is 11.6 Å². The average molecular weight is 643 g/mol. The van der Waals surface area contributed by atoms with Crippen molar-refractivity contribution in [2.75, 3.05) is 45.1 Å². The molecule has 0 unspecified atom stereocenters. The fraction of sp³-hybridized carbons (Fsp3) is 0.314. The van der Waals surface area contributed by atoms with Crippen LogP contribution in [0.1, 0.15) is 43.7 Å². The Kier molecular flexibility index (Phi) is 8.04. The summed E-state index contributed by atoms with van der Waals surface area (Å²) in [7, 11) is 4.35. The number of aliphatic carboxylic acids is 2. The molecule has 5 aromatic rings. The van der Waals surface area contributed by atoms with Crippen LogP contribution >= 0.6 is 0 Å². The Hall–Kier alpha value is -5.52. The summed E-state index contributed by atoms with van der Waals surface area (Å²) >= 11 is 0. The SMILES string of the molecule is COc1c2c3c4c(c(NCCCC(=O)O)c(=O)c5c(NCCCC(=O)O)cc(OC)c(c6c(OC)cc(O)c(c1=O)c63)c54)C=C(C)C2. The van der Waals surface area contributed by atoms with Crippen LogP contribution < -0.4 is 35.7 Å². The number of hydrogen-bond donors (Lipinski definition) is 5. The van der Waals surface area contributed by atoms with Gasteiger partial charge in [0.1, 0.15) is 17.2 Å². The Morgan fingerprint density at radius 1 is 0.745 bits per heavy atom. The third-order valence-electron chi connectivity index (χ3n) is 8.81. The lowest BCUT2D eigenvalue weighted by molar-refractivity contribution is -0.138. The molecule has 0 bridgehead atoms. The van der Waals surface area contributed by atoms with Gasteiger partial charge in [-0.2, -0.15) is 0 Å². The number of phenolic OH excluding ortho intramolecular Hbond substituents is 1. The molecule has 1 aliphatic rings. The first-order chi connectivity index (χ1) is 22.5. The van der Waals surface area contributed by atoms with Gasteiger partial charge in [0.2, 0.25) is 10.9 Å². The number of methoxy groups -OCH3 is 3. The fourth-order valence-corrected chi connectivity index (χ4v) is 6.98. The molecule has 0 amide bonds. The maximum atomic E-state index is 14.7. The Labute approximate surface area is 267 Å². The van der Waals surface area contributed by atoms with Crippen LogP contribution in [0.3, 0.4) is 0 Å². The summed E-state index contributed by atoms with van der Waals surface area (Å²) in [5.74, 6) is -1.47. The minimum atomic E-state index is -0.955. The number of carboxylic acids is 2. The van der Waals surface area contributed by atoms with Crippen molar-refractivity contribution in [2.24, 2.45) is 0 Å². The molecule has 0 heterocycles. The molecule has 244 valence electrons. The zero-order chi connectivity index (χ0) is 33.7. The fourth-order valence-electron chi connectivity index (χ4n) is 6.98. The van der Waals surface area contributed by atoms with Crippen LogP contribution in [0.2, 0.25) is 0 Å². The van der Waals surface area contributed by atoms with Gasteiger partial charge in [-0.05, 0) is 31.6 Å². The van der Waals surface area contributed by atoms with Crippen molar-refractivity contribution in [1.29, 1.82) is 0 Å². The topological polar surface area (TPSA) is 181 Å². The first-order valence-corrected chi connectivity index (χ1v) is 15.2. The van der Waals surface area contributed by atoms with Gasteiger partial charge in [0.05, 0.1) is 37.8 Å². The average Bonchev–Trinajstić information content (AvgIpc) is 3.18. The molecule has 47 heavy (non-hydrogen) atoms. The van der Waals surface area contributed by atoms with E-state index in [0.717, 1.165) is 5.57 Å². The zero-order valence-electron chi connectivity index (χ0n) is 26.4. The van der Waals surface area contributed by atoms with E-state index in [4.69, 9.17) is 14.2 Å². The number of phenols is 1. The molecule has 5 N–H and O–H groups in total. The van der Waals surface area contributed by atoms with E-state index in [1.165, 1.54) is 27.4 Å². The second-order valence-corrected chi connectivity index (χ2v) is 11.7. The monoisotopic (exact) mass is 642 g/mol. The molecule has 12 nitrogen and oxygen atoms in total. The van der Waals surface area contributed by atoms with Crippen molar-refractivity contribution >= 4 is 72.5 Å². The van der Waals surface area contributed by atoms with Gasteiger partial charge in [0, 0.05) is 81.8 Å². The number of carbonyl (C=O) groups is 2. The number of hydrogen-bond acceptors (Lipinski definition) is 10. The third kappa shape index (κ3) is 4.91. The second kappa shape index (κ2) is 12.0. The highest BCUT2D eigenvalue weighted by Crippen LogP contribution is 2.54. The highest BCUT2D eigenvalue weighted by molar-refractivity contribution is 6.39. The number of allylic oxidation sites excluding steroid dienone is 1. The van der Waals surface area contributed by atoms with E-state index in [0.29, 0.717) is 73.1 Å². The summed E-state index contributed by atoms with van der Waals surface area (Å²) in [6.45, 7) is 2.34. The standard InChI is InChI=1S/C35H34N2O10/c1-15-11-16-24-25-17(12-15)35(47-4)34(44)27-19(38)14-21(46-3)29(31(25)27)28-20(45-2)13-18(36-9-5-7-22(39)40)26(30(24)28)33(43)32(16)37-10-6-8-23(41)42/h11,13-14,36-38H,5-10,12H2,1-4H3,(H,39,40)(H,41,42). The Balaban J connectivity index is 1.88. The molecule has 1 aliphatic carbocycles. The lowest BCUT2D eigenvalue weighted by Crippen LogP contribution is -2.18. The van der Waals surface area contributed by atoms with Crippen LogP contribution in [0.25, 0.3) is 49.2 Å². The molecular weight excluding hydrogens is 608 g/mol. The van der Waals surface area contributed by atoms with Crippen molar-refractivity contribution in [3.8, 4) is 23.0 Å². The van der Waals surface area contributed by atoms with Crippen LogP contribution in [0.5, 0.6) is 23.0 Å². The summed E-state index contributed by atoms with van der Waals surface area (Å²) in [4.78, 5) is 51.2. The Morgan fingerprint density at radius 2 is 1.34 bits per heavy atom. The molecule has 0 spiro atoms. The zero-order valence-corrected chi connectivity index (χ0v) is 26.4. The molecule has 0 radical (unpaired) electrons. The first-order valence-electron chi connectivity index (χ1n) is 15.2. The Bertz CT molecular complexity index is 2260. The molecule has 6 rings (SSSR count). The quantitative estimate of drug-likeness (QED) is 0.0649. The second-order valence-electron chi connectivity index (χ2n) is 11.7. The van der Waals surface area contributed by atoms with E-state index in [1.807, 2.05) is 13.0 Å². The van der Waals surface area contributed by atoms with E-state index in [-0.39, 0.29) is 66.1 Å². The number of benzene rings is 5. The van der Waals surface area contributed by atoms with E-state index in [9.17, 15) is 34.5 Å². The number of aromatic hydroxyl groups is 1. The van der Waals surface area contributed by atoms with Crippen LogP contribution in [0.15, 0.2) is 27.3 Å². The minimum absolute atomic E-state index is 0.0424. The molecule has 0 atom stereocenters. The maximum absolute atomic E-state index is 14.7. The van der Waals surface area contributed by atoms with Gasteiger partial charge in [-0.15, -0.1) is 0 Å². The largest absolute Gasteiger partial charge is 0.507 e. The van der Waals surface area contributed by atoms with Gasteiger partial charge < -0.3 is 40.2 Å². The van der Waals surface area contributed by atoms with Gasteiger partial charge in [-0.25, -0.2) is 0 Å². The predicted octanol–water partition coefficient (Wildman–Crippen LogP) is 5.14. The highest BCUT2D eigenvalue weighted by atomic mass is 16.5. The number of nitrogens with one attached hydrogen (secondary N) is 2. The van der Waals surface area contributed by atoms with Gasteiger partial charge in [0.25, 0.3) is 0 Å². The van der Waals surface area contributed by atoms with Gasteiger partial charge >= 0.3 is 11.9 Å². The molecule has 0 aromatic heterocycles. The van der Waals surface area contributed by atoms with Crippen LogP contribution in [-0.4, -0.2) is 61.7 Å². The third-order valence-corrected chi connectivity index (χ3v) is 8.81. The lowest BCUT2D eigenvalue weighted by atomic mass is 9.83. The van der Waals surface area contributed by atoms with Crippen LogP contribution in [0, 0.1) is 0 Å². The number of rotatable bonds is 13. The summed E-state index contributed by atoms with van der Waals surface area (Å²) in [5.41, 5.74) is 1.81. The van der Waals surface area contributed by atoms with E-state index in [2.05, 4.69) is 10.6 Å². The summed E-state index contributed by atoms with van der Waals surface area (Å²) < 4.78 is 17.5. The predicted molar refractivity (Wildman–Crippen MR) is 181 cm³/mol. The van der Waals surface area contributed by atoms with Gasteiger partial charge in [-0.3, -0.25) is 19.2 Å². The van der Waals surface area contributed by atoms with Crippen LogP contribution in [-0.2, 0) is 16.0 Å². The number of anilines is 2. The summed E-state index contributed by atoms with van der Waals surface area (Å²) in [6, 6.07) is 3.04. The molecular formula is C35H34N2O10. The van der Waals surface area contributed by atoms with Crippen molar-refractivity contribution < 1.29 is 39.1 Å². The molecule has 0 aliphatic heterocycles. The van der Waals surface area contributed by atoms with E-state index < -0.39 is 17.4 Å². The lowest BCUT2D eigenvalue weighted by Gasteiger charge is -2.24. The van der Waals surface area contributed by atoms with Crippen molar-refractivity contribution in [1.82, 2.24) is 0 Å². The van der Waals surface area contributed by atoms with Crippen LogP contribution in [0.4, 0.5) is 11.4 Å². The molecule has 5 aromatic carbocycles. The summed E-state index contributed by atoms with van der Waals surface area (Å²) in [5, 5.41) is 39.7.